The predicted octanol–water partition coefficient (Wildman–Crippen LogP) is 4.40. The first-order chi connectivity index (χ1) is 13.3. The van der Waals surface area contributed by atoms with Gasteiger partial charge in [0.2, 0.25) is 5.78 Å². The number of carbonyl (C=O) groups is 1. The van der Waals surface area contributed by atoms with Crippen molar-refractivity contribution in [2.45, 2.75) is 11.8 Å². The number of halogens is 2. The minimum absolute atomic E-state index is 0.0488. The molecular formula is C20H14Cl2N2O3S. The van der Waals surface area contributed by atoms with Crippen LogP contribution in [0.5, 0.6) is 0 Å². The fourth-order valence-electron chi connectivity index (χ4n) is 2.34. The Balaban J connectivity index is 2.14. The summed E-state index contributed by atoms with van der Waals surface area (Å²) in [6.07, 6.45) is 2.62. The summed E-state index contributed by atoms with van der Waals surface area (Å²) >= 11 is 11.8. The maximum absolute atomic E-state index is 12.8. The summed E-state index contributed by atoms with van der Waals surface area (Å²) in [5.74, 6) is -0.570. The van der Waals surface area contributed by atoms with Gasteiger partial charge in [-0.05, 0) is 31.2 Å². The number of allylic oxidation sites excluding steroid dienone is 4. The van der Waals surface area contributed by atoms with Crippen molar-refractivity contribution in [3.05, 3.63) is 87.9 Å². The zero-order valence-corrected chi connectivity index (χ0v) is 17.0. The van der Waals surface area contributed by atoms with Crippen molar-refractivity contribution < 1.29 is 13.2 Å². The van der Waals surface area contributed by atoms with E-state index in [4.69, 9.17) is 23.2 Å². The van der Waals surface area contributed by atoms with E-state index in [-0.39, 0.29) is 26.5 Å². The van der Waals surface area contributed by atoms with Crippen molar-refractivity contribution in [3.63, 3.8) is 0 Å². The standard InChI is InChI=1S/C20H14Cl2N2O3S/c1-13-7-9-16(10-8-13)28(26,27)24-20(14-5-3-2-4-6-14)23-15-11-17(21)19(25)18(22)12-15/h2-12H,1H3. The number of hydrogen-bond acceptors (Lipinski definition) is 3. The normalized spacial score (nSPS) is 15.2. The maximum atomic E-state index is 12.8. The van der Waals surface area contributed by atoms with Crippen LogP contribution >= 0.6 is 23.2 Å². The fourth-order valence-corrected chi connectivity index (χ4v) is 3.77. The largest absolute Gasteiger partial charge is 0.287 e. The van der Waals surface area contributed by atoms with E-state index in [1.807, 2.05) is 6.92 Å². The summed E-state index contributed by atoms with van der Waals surface area (Å²) in [7, 11) is -4.01. The molecule has 142 valence electrons. The number of carbonyl (C=O) groups excluding carboxylic acids is 1. The van der Waals surface area contributed by atoms with Crippen LogP contribution in [0.1, 0.15) is 11.1 Å². The number of hydrogen-bond donors (Lipinski definition) is 0. The number of nitrogens with zero attached hydrogens (tertiary/aromatic N) is 2. The lowest BCUT2D eigenvalue weighted by atomic mass is 10.1. The highest BCUT2D eigenvalue weighted by Crippen LogP contribution is 2.21. The molecule has 0 heterocycles. The molecule has 0 fully saturated rings. The molecule has 0 amide bonds. The van der Waals surface area contributed by atoms with E-state index in [1.165, 1.54) is 24.3 Å². The average molecular weight is 433 g/mol. The van der Waals surface area contributed by atoms with Crippen LogP contribution in [0.25, 0.3) is 0 Å². The number of Topliss-reactive ketones (excluding diaryl/α,β-unsaturated/α-hetero) is 1. The van der Waals surface area contributed by atoms with Gasteiger partial charge in [-0.3, -0.25) is 4.79 Å². The van der Waals surface area contributed by atoms with Gasteiger partial charge in [0.25, 0.3) is 10.0 Å². The van der Waals surface area contributed by atoms with Gasteiger partial charge in [0.15, 0.2) is 5.84 Å². The van der Waals surface area contributed by atoms with Gasteiger partial charge in [-0.25, -0.2) is 4.99 Å². The van der Waals surface area contributed by atoms with Crippen molar-refractivity contribution in [2.24, 2.45) is 9.39 Å². The number of benzene rings is 2. The molecule has 3 rings (SSSR count). The van der Waals surface area contributed by atoms with Gasteiger partial charge in [0.05, 0.1) is 20.7 Å². The van der Waals surface area contributed by atoms with Gasteiger partial charge in [0, 0.05) is 5.56 Å². The molecule has 2 aromatic rings. The van der Waals surface area contributed by atoms with E-state index in [9.17, 15) is 13.2 Å². The zero-order chi connectivity index (χ0) is 20.3. The van der Waals surface area contributed by atoms with E-state index in [2.05, 4.69) is 9.39 Å². The number of rotatable bonds is 3. The molecule has 1 aliphatic carbocycles. The molecule has 0 N–H and O–H groups in total. The second-order valence-electron chi connectivity index (χ2n) is 5.92. The quantitative estimate of drug-likeness (QED) is 0.409. The lowest BCUT2D eigenvalue weighted by Gasteiger charge is -2.08. The number of sulfonamides is 1. The van der Waals surface area contributed by atoms with Crippen LogP contribution in [-0.2, 0) is 14.8 Å². The van der Waals surface area contributed by atoms with Crippen LogP contribution in [0, 0.1) is 6.92 Å². The lowest BCUT2D eigenvalue weighted by molar-refractivity contribution is -0.111. The molecule has 0 spiro atoms. The van der Waals surface area contributed by atoms with Crippen molar-refractivity contribution in [2.75, 3.05) is 0 Å². The first-order valence-corrected chi connectivity index (χ1v) is 10.3. The molecule has 0 saturated heterocycles. The van der Waals surface area contributed by atoms with E-state index in [0.29, 0.717) is 5.56 Å². The third-order valence-corrected chi connectivity index (χ3v) is 5.62. The van der Waals surface area contributed by atoms with Crippen molar-refractivity contribution >= 4 is 50.6 Å². The Morgan fingerprint density at radius 2 is 1.46 bits per heavy atom. The molecule has 2 aromatic carbocycles. The Bertz CT molecular complexity index is 1120. The van der Waals surface area contributed by atoms with Crippen LogP contribution in [0.15, 0.2) is 91.1 Å². The Hall–Kier alpha value is -2.54. The van der Waals surface area contributed by atoms with E-state index in [1.54, 1.807) is 42.5 Å². The third-order valence-electron chi connectivity index (χ3n) is 3.78. The van der Waals surface area contributed by atoms with Gasteiger partial charge < -0.3 is 0 Å². The van der Waals surface area contributed by atoms with Crippen LogP contribution in [0.4, 0.5) is 0 Å². The molecule has 0 unspecified atom stereocenters. The molecule has 8 heteroatoms. The Labute approximate surface area is 172 Å². The SMILES string of the molecule is Cc1ccc(S(=O)(=O)N=C(N=C2C=C(Cl)C(=O)C(Cl)=C2)c2ccccc2)cc1. The molecule has 28 heavy (non-hydrogen) atoms. The van der Waals surface area contributed by atoms with Gasteiger partial charge in [-0.1, -0.05) is 71.2 Å². The number of amidine groups is 1. The summed E-state index contributed by atoms with van der Waals surface area (Å²) in [6, 6.07) is 15.0. The van der Waals surface area contributed by atoms with Crippen LogP contribution < -0.4 is 0 Å². The molecule has 0 aromatic heterocycles. The van der Waals surface area contributed by atoms with Gasteiger partial charge in [-0.15, -0.1) is 4.40 Å². The van der Waals surface area contributed by atoms with Crippen molar-refractivity contribution in [1.82, 2.24) is 0 Å². The second-order valence-corrected chi connectivity index (χ2v) is 8.34. The molecule has 0 radical (unpaired) electrons. The van der Waals surface area contributed by atoms with Crippen LogP contribution in [0.2, 0.25) is 0 Å². The maximum Gasteiger partial charge on any atom is 0.284 e. The lowest BCUT2D eigenvalue weighted by Crippen LogP contribution is -2.11. The summed E-state index contributed by atoms with van der Waals surface area (Å²) < 4.78 is 29.4. The third kappa shape index (κ3) is 4.65. The highest BCUT2D eigenvalue weighted by molar-refractivity contribution is 7.90. The van der Waals surface area contributed by atoms with Gasteiger partial charge in [-0.2, -0.15) is 8.42 Å². The number of aliphatic imine (C=N–C) groups is 1. The summed E-state index contributed by atoms with van der Waals surface area (Å²) in [5.41, 5.74) is 1.63. The van der Waals surface area contributed by atoms with E-state index in [0.717, 1.165) is 5.56 Å². The molecule has 0 atom stereocenters. The smallest absolute Gasteiger partial charge is 0.284 e. The molecule has 1 aliphatic rings. The summed E-state index contributed by atoms with van der Waals surface area (Å²) in [6.45, 7) is 1.86. The first-order valence-electron chi connectivity index (χ1n) is 8.11. The highest BCUT2D eigenvalue weighted by Gasteiger charge is 2.19. The monoisotopic (exact) mass is 432 g/mol. The molecule has 0 aliphatic heterocycles. The number of aryl methyl sites for hydroxylation is 1. The fraction of sp³-hybridized carbons (Fsp3) is 0.0500. The predicted molar refractivity (Wildman–Crippen MR) is 112 cm³/mol. The zero-order valence-electron chi connectivity index (χ0n) is 14.6. The number of ketones is 1. The van der Waals surface area contributed by atoms with Crippen molar-refractivity contribution in [1.29, 1.82) is 0 Å². The molecular weight excluding hydrogens is 419 g/mol. The van der Waals surface area contributed by atoms with Crippen LogP contribution in [-0.4, -0.2) is 25.7 Å². The molecule has 0 saturated carbocycles. The Kier molecular flexibility index (Phi) is 5.93. The van der Waals surface area contributed by atoms with Crippen molar-refractivity contribution in [3.8, 4) is 0 Å². The highest BCUT2D eigenvalue weighted by atomic mass is 35.5. The first kappa shape index (κ1) is 20.2. The minimum atomic E-state index is -4.01. The second kappa shape index (κ2) is 8.22. The minimum Gasteiger partial charge on any atom is -0.287 e. The van der Waals surface area contributed by atoms with E-state index < -0.39 is 15.8 Å². The average Bonchev–Trinajstić information content (AvgIpc) is 2.66. The summed E-state index contributed by atoms with van der Waals surface area (Å²) in [5, 5.41) is -0.222. The van der Waals surface area contributed by atoms with Crippen LogP contribution in [0.3, 0.4) is 0 Å². The molecule has 0 bridgehead atoms. The topological polar surface area (TPSA) is 75.9 Å². The Morgan fingerprint density at radius 3 is 2.04 bits per heavy atom. The van der Waals surface area contributed by atoms with Gasteiger partial charge in [0.1, 0.15) is 0 Å². The summed E-state index contributed by atoms with van der Waals surface area (Å²) in [4.78, 5) is 16.0. The Morgan fingerprint density at radius 1 is 0.893 bits per heavy atom. The molecule has 5 nitrogen and oxygen atoms in total. The van der Waals surface area contributed by atoms with E-state index >= 15 is 0 Å². The van der Waals surface area contributed by atoms with Gasteiger partial charge >= 0.3 is 0 Å².